The Kier molecular flexibility index (Phi) is 5.45. The number of benzene rings is 1. The lowest BCUT2D eigenvalue weighted by Gasteiger charge is -2.19. The average Bonchev–Trinajstić information content (AvgIpc) is 3.24. The molecule has 1 aliphatic rings. The number of sulfone groups is 1. The zero-order valence-electron chi connectivity index (χ0n) is 13.7. The lowest BCUT2D eigenvalue weighted by Crippen LogP contribution is -3.00. The van der Waals surface area contributed by atoms with Crippen molar-refractivity contribution in [1.29, 1.82) is 0 Å². The van der Waals surface area contributed by atoms with Crippen molar-refractivity contribution in [2.45, 2.75) is 18.6 Å². The normalized spacial score (nSPS) is 19.8. The van der Waals surface area contributed by atoms with Crippen LogP contribution < -0.4 is 10.6 Å². The average molecular weight is 398 g/mol. The summed E-state index contributed by atoms with van der Waals surface area (Å²) in [6.45, 7) is 0. The SMILES string of the molecule is O=C(N[C@H]([NH2+][C@H]1CCS(=O)(=O)C1)C(=O)c1ccc(Cl)cc1)c1ccco1. The lowest BCUT2D eigenvalue weighted by atomic mass is 10.1. The van der Waals surface area contributed by atoms with E-state index in [0.29, 0.717) is 17.0 Å². The summed E-state index contributed by atoms with van der Waals surface area (Å²) < 4.78 is 28.4. The fourth-order valence-corrected chi connectivity index (χ4v) is 4.75. The van der Waals surface area contributed by atoms with E-state index in [-0.39, 0.29) is 29.1 Å². The van der Waals surface area contributed by atoms with Crippen molar-refractivity contribution >= 4 is 33.1 Å². The molecule has 7 nitrogen and oxygen atoms in total. The molecule has 1 aromatic heterocycles. The molecule has 0 radical (unpaired) electrons. The van der Waals surface area contributed by atoms with Crippen molar-refractivity contribution in [1.82, 2.24) is 5.32 Å². The van der Waals surface area contributed by atoms with Crippen molar-refractivity contribution in [3.8, 4) is 0 Å². The van der Waals surface area contributed by atoms with Crippen LogP contribution in [0.4, 0.5) is 0 Å². The van der Waals surface area contributed by atoms with Crippen LogP contribution in [0.2, 0.25) is 5.02 Å². The minimum atomic E-state index is -3.10. The summed E-state index contributed by atoms with van der Waals surface area (Å²) in [5, 5.41) is 4.71. The van der Waals surface area contributed by atoms with Crippen LogP contribution in [0.25, 0.3) is 0 Å². The second-order valence-corrected chi connectivity index (χ2v) is 8.82. The Morgan fingerprint density at radius 2 is 1.96 bits per heavy atom. The second kappa shape index (κ2) is 7.61. The number of halogens is 1. The number of amides is 1. The van der Waals surface area contributed by atoms with Gasteiger partial charge in [0.2, 0.25) is 11.9 Å². The zero-order valence-corrected chi connectivity index (χ0v) is 15.3. The summed E-state index contributed by atoms with van der Waals surface area (Å²) in [7, 11) is -3.10. The molecule has 1 amide bonds. The van der Waals surface area contributed by atoms with Gasteiger partial charge >= 0.3 is 0 Å². The van der Waals surface area contributed by atoms with E-state index in [0.717, 1.165) is 0 Å². The molecule has 0 spiro atoms. The van der Waals surface area contributed by atoms with Gasteiger partial charge in [-0.2, -0.15) is 0 Å². The highest BCUT2D eigenvalue weighted by atomic mass is 35.5. The molecule has 1 aliphatic heterocycles. The van der Waals surface area contributed by atoms with Gasteiger partial charge in [0.25, 0.3) is 5.91 Å². The molecule has 2 heterocycles. The Labute approximate surface area is 155 Å². The molecule has 0 unspecified atom stereocenters. The van der Waals surface area contributed by atoms with Gasteiger partial charge < -0.3 is 9.73 Å². The molecular formula is C17H18ClN2O5S+. The Hall–Kier alpha value is -2.16. The number of hydrogen-bond acceptors (Lipinski definition) is 5. The fraction of sp³-hybridized carbons (Fsp3) is 0.294. The predicted molar refractivity (Wildman–Crippen MR) is 94.7 cm³/mol. The van der Waals surface area contributed by atoms with Crippen LogP contribution in [0.15, 0.2) is 47.1 Å². The van der Waals surface area contributed by atoms with Crippen LogP contribution in [0.1, 0.15) is 27.3 Å². The number of ketones is 1. The van der Waals surface area contributed by atoms with Gasteiger partial charge in [0.15, 0.2) is 15.6 Å². The van der Waals surface area contributed by atoms with Crippen LogP contribution in [0, 0.1) is 0 Å². The number of rotatable bonds is 6. The molecule has 3 N–H and O–H groups in total. The van der Waals surface area contributed by atoms with E-state index in [1.165, 1.54) is 12.3 Å². The van der Waals surface area contributed by atoms with Crippen molar-refractivity contribution in [3.05, 3.63) is 59.0 Å². The number of quaternary nitrogens is 1. The van der Waals surface area contributed by atoms with Crippen LogP contribution in [0.3, 0.4) is 0 Å². The molecule has 1 fully saturated rings. The van der Waals surface area contributed by atoms with Crippen molar-refractivity contribution in [2.75, 3.05) is 11.5 Å². The molecular weight excluding hydrogens is 380 g/mol. The number of nitrogens with one attached hydrogen (secondary N) is 1. The van der Waals surface area contributed by atoms with Crippen molar-refractivity contribution in [2.24, 2.45) is 0 Å². The van der Waals surface area contributed by atoms with Crippen LogP contribution >= 0.6 is 11.6 Å². The van der Waals surface area contributed by atoms with Gasteiger partial charge in [-0.25, -0.2) is 8.42 Å². The standard InChI is InChI=1S/C17H17ClN2O5S/c18-12-5-3-11(4-6-12)15(21)16(19-13-7-9-26(23,24)10-13)20-17(22)14-2-1-8-25-14/h1-6,8,13,16,19H,7,9-10H2,(H,20,22)/p+1/t13-,16-/m0/s1. The maximum Gasteiger partial charge on any atom is 0.291 e. The smallest absolute Gasteiger partial charge is 0.291 e. The maximum atomic E-state index is 12.8. The molecule has 3 rings (SSSR count). The van der Waals surface area contributed by atoms with Gasteiger partial charge in [0.1, 0.15) is 11.8 Å². The van der Waals surface area contributed by atoms with E-state index < -0.39 is 21.9 Å². The second-order valence-electron chi connectivity index (χ2n) is 6.16. The highest BCUT2D eigenvalue weighted by Gasteiger charge is 2.36. The minimum Gasteiger partial charge on any atom is -0.459 e. The Morgan fingerprint density at radius 3 is 2.54 bits per heavy atom. The van der Waals surface area contributed by atoms with Gasteiger partial charge in [-0.15, -0.1) is 0 Å². The van der Waals surface area contributed by atoms with Crippen molar-refractivity contribution < 1.29 is 27.7 Å². The Balaban J connectivity index is 1.79. The zero-order chi connectivity index (χ0) is 18.7. The highest BCUT2D eigenvalue weighted by molar-refractivity contribution is 7.91. The summed E-state index contributed by atoms with van der Waals surface area (Å²) in [4.78, 5) is 25.1. The maximum absolute atomic E-state index is 12.8. The fourth-order valence-electron chi connectivity index (χ4n) is 2.86. The van der Waals surface area contributed by atoms with Gasteiger partial charge in [0, 0.05) is 17.0 Å². The topological polar surface area (TPSA) is 110 Å². The van der Waals surface area contributed by atoms with E-state index in [4.69, 9.17) is 16.0 Å². The summed E-state index contributed by atoms with van der Waals surface area (Å²) in [6, 6.07) is 9.06. The summed E-state index contributed by atoms with van der Waals surface area (Å²) in [6.07, 6.45) is 0.828. The first-order valence-corrected chi connectivity index (χ1v) is 10.2. The first-order chi connectivity index (χ1) is 12.3. The van der Waals surface area contributed by atoms with Crippen LogP contribution in [-0.4, -0.2) is 43.8 Å². The van der Waals surface area contributed by atoms with Gasteiger partial charge in [-0.05, 0) is 36.4 Å². The third kappa shape index (κ3) is 4.51. The van der Waals surface area contributed by atoms with Crippen molar-refractivity contribution in [3.63, 3.8) is 0 Å². The monoisotopic (exact) mass is 397 g/mol. The number of carbonyl (C=O) groups is 2. The summed E-state index contributed by atoms with van der Waals surface area (Å²) >= 11 is 5.85. The third-order valence-corrected chi connectivity index (χ3v) is 6.22. The summed E-state index contributed by atoms with van der Waals surface area (Å²) in [5.41, 5.74) is 0.372. The highest BCUT2D eigenvalue weighted by Crippen LogP contribution is 2.12. The molecule has 2 aromatic rings. The molecule has 138 valence electrons. The first-order valence-electron chi connectivity index (χ1n) is 8.03. The molecule has 9 heteroatoms. The predicted octanol–water partition coefficient (Wildman–Crippen LogP) is 0.622. The van der Waals surface area contributed by atoms with Gasteiger partial charge in [-0.3, -0.25) is 14.9 Å². The van der Waals surface area contributed by atoms with E-state index in [1.807, 2.05) is 0 Å². The van der Waals surface area contributed by atoms with E-state index in [2.05, 4.69) is 5.32 Å². The quantitative estimate of drug-likeness (QED) is 0.548. The number of hydrogen-bond donors (Lipinski definition) is 2. The molecule has 0 bridgehead atoms. The van der Waals surface area contributed by atoms with Gasteiger partial charge in [0.05, 0.1) is 12.0 Å². The molecule has 26 heavy (non-hydrogen) atoms. The third-order valence-electron chi connectivity index (χ3n) is 4.18. The molecule has 0 aliphatic carbocycles. The van der Waals surface area contributed by atoms with E-state index in [9.17, 15) is 18.0 Å². The minimum absolute atomic E-state index is 0.0198. The molecule has 2 atom stereocenters. The van der Waals surface area contributed by atoms with Crippen LogP contribution in [-0.2, 0) is 9.84 Å². The number of nitrogens with two attached hydrogens (primary N) is 1. The first kappa shape index (κ1) is 18.6. The molecule has 1 aromatic carbocycles. The van der Waals surface area contributed by atoms with Gasteiger partial charge in [-0.1, -0.05) is 11.6 Å². The summed E-state index contributed by atoms with van der Waals surface area (Å²) in [5.74, 6) is -0.743. The number of carbonyl (C=O) groups excluding carboxylic acids is 2. The van der Waals surface area contributed by atoms with E-state index >= 15 is 0 Å². The Morgan fingerprint density at radius 1 is 1.23 bits per heavy atom. The van der Waals surface area contributed by atoms with Crippen LogP contribution in [0.5, 0.6) is 0 Å². The van der Waals surface area contributed by atoms with E-state index in [1.54, 1.807) is 35.6 Å². The Bertz CT molecular complexity index is 894. The number of furan rings is 1. The lowest BCUT2D eigenvalue weighted by molar-refractivity contribution is -0.706. The molecule has 1 saturated heterocycles. The largest absolute Gasteiger partial charge is 0.459 e. The molecule has 0 saturated carbocycles. The number of Topliss-reactive ketones (excluding diaryl/α,β-unsaturated/α-hetero) is 1.